The number of para-hydroxylation sites is 1. The van der Waals surface area contributed by atoms with Gasteiger partial charge < -0.3 is 9.47 Å². The van der Waals surface area contributed by atoms with E-state index in [0.29, 0.717) is 10.9 Å². The number of nitrogens with zero attached hydrogens (tertiary/aromatic N) is 3. The number of hydrazone groups is 1. The fourth-order valence-corrected chi connectivity index (χ4v) is 3.91. The number of hydrogen-bond donors (Lipinski definition) is 0. The van der Waals surface area contributed by atoms with E-state index in [-0.39, 0.29) is 12.5 Å². The summed E-state index contributed by atoms with van der Waals surface area (Å²) in [6.07, 6.45) is 1.62. The van der Waals surface area contributed by atoms with Crippen LogP contribution in [0.25, 0.3) is 10.2 Å². The SMILES string of the molecule is COc1ccc(/C=N/N(C(=O)COc2ccccc2)c2nc3ccc(C)cc3s2)cc1. The van der Waals surface area contributed by atoms with Crippen LogP contribution in [-0.4, -0.2) is 30.8 Å². The van der Waals surface area contributed by atoms with Crippen molar-refractivity contribution in [2.45, 2.75) is 6.92 Å². The number of methoxy groups -OCH3 is 1. The highest BCUT2D eigenvalue weighted by molar-refractivity contribution is 7.22. The molecule has 0 aliphatic rings. The molecule has 156 valence electrons. The van der Waals surface area contributed by atoms with Crippen LogP contribution in [0.1, 0.15) is 11.1 Å². The first-order valence-electron chi connectivity index (χ1n) is 9.68. The van der Waals surface area contributed by atoms with Gasteiger partial charge in [-0.2, -0.15) is 10.1 Å². The van der Waals surface area contributed by atoms with E-state index in [1.807, 2.05) is 67.6 Å². The van der Waals surface area contributed by atoms with Gasteiger partial charge >= 0.3 is 0 Å². The minimum absolute atomic E-state index is 0.154. The van der Waals surface area contributed by atoms with Gasteiger partial charge in [-0.25, -0.2) is 4.98 Å². The second kappa shape index (κ2) is 9.40. The molecule has 0 aliphatic heterocycles. The van der Waals surface area contributed by atoms with Crippen molar-refractivity contribution in [3.05, 3.63) is 83.9 Å². The van der Waals surface area contributed by atoms with Crippen molar-refractivity contribution in [3.63, 3.8) is 0 Å². The number of carbonyl (C=O) groups excluding carboxylic acids is 1. The molecule has 31 heavy (non-hydrogen) atoms. The number of fused-ring (bicyclic) bond motifs is 1. The van der Waals surface area contributed by atoms with E-state index in [0.717, 1.165) is 27.1 Å². The molecule has 1 heterocycles. The normalized spacial score (nSPS) is 11.0. The molecule has 1 aromatic heterocycles. The summed E-state index contributed by atoms with van der Waals surface area (Å²) < 4.78 is 11.8. The van der Waals surface area contributed by atoms with Crippen LogP contribution in [0.4, 0.5) is 5.13 Å². The van der Waals surface area contributed by atoms with Gasteiger partial charge in [-0.05, 0) is 66.6 Å². The number of thiazole rings is 1. The van der Waals surface area contributed by atoms with Gasteiger partial charge in [0.1, 0.15) is 11.5 Å². The van der Waals surface area contributed by atoms with Gasteiger partial charge in [-0.15, -0.1) is 0 Å². The maximum atomic E-state index is 13.0. The van der Waals surface area contributed by atoms with Crippen molar-refractivity contribution in [1.82, 2.24) is 4.98 Å². The van der Waals surface area contributed by atoms with Crippen molar-refractivity contribution in [3.8, 4) is 11.5 Å². The molecule has 0 unspecified atom stereocenters. The predicted molar refractivity (Wildman–Crippen MR) is 124 cm³/mol. The van der Waals surface area contributed by atoms with E-state index < -0.39 is 0 Å². The summed E-state index contributed by atoms with van der Waals surface area (Å²) >= 11 is 1.42. The van der Waals surface area contributed by atoms with Gasteiger partial charge in [0, 0.05) is 0 Å². The molecule has 7 heteroatoms. The fourth-order valence-electron chi connectivity index (χ4n) is 2.87. The molecule has 0 bridgehead atoms. The molecular weight excluding hydrogens is 410 g/mol. The summed E-state index contributed by atoms with van der Waals surface area (Å²) in [5.74, 6) is 1.06. The summed E-state index contributed by atoms with van der Waals surface area (Å²) in [6, 6.07) is 22.6. The molecule has 0 saturated carbocycles. The van der Waals surface area contributed by atoms with Crippen LogP contribution >= 0.6 is 11.3 Å². The van der Waals surface area contributed by atoms with Gasteiger partial charge in [-0.1, -0.05) is 35.6 Å². The summed E-state index contributed by atoms with van der Waals surface area (Å²) in [5, 5.41) is 6.23. The fraction of sp³-hybridized carbons (Fsp3) is 0.125. The average molecular weight is 432 g/mol. The third-order valence-corrected chi connectivity index (χ3v) is 5.49. The Hall–Kier alpha value is -3.71. The van der Waals surface area contributed by atoms with E-state index in [2.05, 4.69) is 10.1 Å². The van der Waals surface area contributed by atoms with E-state index in [9.17, 15) is 4.79 Å². The first-order valence-corrected chi connectivity index (χ1v) is 10.5. The molecular formula is C24H21N3O3S. The lowest BCUT2D eigenvalue weighted by Gasteiger charge is -2.14. The average Bonchev–Trinajstić information content (AvgIpc) is 3.21. The highest BCUT2D eigenvalue weighted by Crippen LogP contribution is 2.30. The zero-order valence-corrected chi connectivity index (χ0v) is 18.0. The Balaban J connectivity index is 1.61. The quantitative estimate of drug-likeness (QED) is 0.303. The number of benzene rings is 3. The highest BCUT2D eigenvalue weighted by Gasteiger charge is 2.20. The van der Waals surface area contributed by atoms with Crippen molar-refractivity contribution in [1.29, 1.82) is 0 Å². The van der Waals surface area contributed by atoms with Crippen molar-refractivity contribution in [2.24, 2.45) is 5.10 Å². The molecule has 4 aromatic rings. The van der Waals surface area contributed by atoms with Crippen LogP contribution in [-0.2, 0) is 4.79 Å². The van der Waals surface area contributed by atoms with Crippen LogP contribution in [0, 0.1) is 6.92 Å². The van der Waals surface area contributed by atoms with E-state index in [1.54, 1.807) is 25.5 Å². The lowest BCUT2D eigenvalue weighted by atomic mass is 10.2. The third-order valence-electron chi connectivity index (χ3n) is 4.49. The van der Waals surface area contributed by atoms with Gasteiger partial charge in [-0.3, -0.25) is 4.79 Å². The molecule has 0 spiro atoms. The summed E-state index contributed by atoms with van der Waals surface area (Å²) in [7, 11) is 1.62. The van der Waals surface area contributed by atoms with Crippen molar-refractivity contribution in [2.75, 3.05) is 18.7 Å². The van der Waals surface area contributed by atoms with Gasteiger partial charge in [0.2, 0.25) is 5.13 Å². The Labute approximate surface area is 184 Å². The van der Waals surface area contributed by atoms with Crippen molar-refractivity contribution >= 4 is 38.8 Å². The number of anilines is 1. The molecule has 0 radical (unpaired) electrons. The van der Waals surface area contributed by atoms with E-state index >= 15 is 0 Å². The molecule has 0 saturated heterocycles. The van der Waals surface area contributed by atoms with E-state index in [1.165, 1.54) is 16.3 Å². The summed E-state index contributed by atoms with van der Waals surface area (Å²) in [6.45, 7) is 1.87. The summed E-state index contributed by atoms with van der Waals surface area (Å²) in [4.78, 5) is 17.6. The Kier molecular flexibility index (Phi) is 6.24. The molecule has 0 aliphatic carbocycles. The van der Waals surface area contributed by atoms with Crippen LogP contribution in [0.5, 0.6) is 11.5 Å². The Morgan fingerprint density at radius 3 is 2.58 bits per heavy atom. The zero-order chi connectivity index (χ0) is 21.6. The lowest BCUT2D eigenvalue weighted by molar-refractivity contribution is -0.120. The van der Waals surface area contributed by atoms with Crippen molar-refractivity contribution < 1.29 is 14.3 Å². The smallest absolute Gasteiger partial charge is 0.287 e. The molecule has 0 atom stereocenters. The summed E-state index contributed by atoms with van der Waals surface area (Å²) in [5.41, 5.74) is 2.79. The standard InChI is InChI=1S/C24H21N3O3S/c1-17-8-13-21-22(14-17)31-24(26-21)27(23(28)16-30-20-6-4-3-5-7-20)25-15-18-9-11-19(29-2)12-10-18/h3-15H,16H2,1-2H3/b25-15+. The number of amides is 1. The number of aromatic nitrogens is 1. The number of hydrogen-bond acceptors (Lipinski definition) is 6. The zero-order valence-electron chi connectivity index (χ0n) is 17.2. The number of carbonyl (C=O) groups is 1. The first-order chi connectivity index (χ1) is 15.1. The van der Waals surface area contributed by atoms with Crippen LogP contribution in [0.2, 0.25) is 0 Å². The minimum atomic E-state index is -0.315. The second-order valence-corrected chi connectivity index (χ2v) is 7.80. The first kappa shape index (κ1) is 20.6. The highest BCUT2D eigenvalue weighted by atomic mass is 32.1. The Morgan fingerprint density at radius 1 is 1.06 bits per heavy atom. The molecule has 3 aromatic carbocycles. The Morgan fingerprint density at radius 2 is 1.84 bits per heavy atom. The predicted octanol–water partition coefficient (Wildman–Crippen LogP) is 5.06. The van der Waals surface area contributed by atoms with E-state index in [4.69, 9.17) is 9.47 Å². The number of aryl methyl sites for hydroxylation is 1. The topological polar surface area (TPSA) is 64.0 Å². The maximum absolute atomic E-state index is 13.0. The van der Waals surface area contributed by atoms with Crippen LogP contribution in [0.3, 0.4) is 0 Å². The maximum Gasteiger partial charge on any atom is 0.287 e. The van der Waals surface area contributed by atoms with Gasteiger partial charge in [0.05, 0.1) is 23.5 Å². The third kappa shape index (κ3) is 5.07. The lowest BCUT2D eigenvalue weighted by Crippen LogP contribution is -2.30. The van der Waals surface area contributed by atoms with Crippen LogP contribution in [0.15, 0.2) is 77.9 Å². The molecule has 0 fully saturated rings. The molecule has 0 N–H and O–H groups in total. The molecule has 1 amide bonds. The Bertz CT molecular complexity index is 1200. The van der Waals surface area contributed by atoms with Gasteiger partial charge in [0.15, 0.2) is 6.61 Å². The van der Waals surface area contributed by atoms with Gasteiger partial charge in [0.25, 0.3) is 5.91 Å². The minimum Gasteiger partial charge on any atom is -0.497 e. The molecule has 4 rings (SSSR count). The monoisotopic (exact) mass is 431 g/mol. The number of rotatable bonds is 7. The largest absolute Gasteiger partial charge is 0.497 e. The van der Waals surface area contributed by atoms with Crippen LogP contribution < -0.4 is 14.5 Å². The second-order valence-electron chi connectivity index (χ2n) is 6.79. The molecule has 6 nitrogen and oxygen atoms in total. The number of ether oxygens (including phenoxy) is 2.